The first-order valence-corrected chi connectivity index (χ1v) is 8.15. The van der Waals surface area contributed by atoms with Crippen LogP contribution in [0.5, 0.6) is 0 Å². The van der Waals surface area contributed by atoms with Gasteiger partial charge in [-0.05, 0) is 44.0 Å². The van der Waals surface area contributed by atoms with Crippen LogP contribution in [0.25, 0.3) is 0 Å². The quantitative estimate of drug-likeness (QED) is 0.944. The lowest BCUT2D eigenvalue weighted by molar-refractivity contribution is 0.0718. The third-order valence-corrected chi connectivity index (χ3v) is 4.30. The van der Waals surface area contributed by atoms with Crippen molar-refractivity contribution in [3.05, 3.63) is 59.3 Å². The molecule has 3 rings (SSSR count). The molecule has 1 aromatic heterocycles. The summed E-state index contributed by atoms with van der Waals surface area (Å²) < 4.78 is 0. The van der Waals surface area contributed by atoms with Crippen molar-refractivity contribution in [2.75, 3.05) is 18.4 Å². The second kappa shape index (κ2) is 7.14. The van der Waals surface area contributed by atoms with Crippen LogP contribution >= 0.6 is 0 Å². The van der Waals surface area contributed by atoms with Crippen molar-refractivity contribution in [2.45, 2.75) is 25.8 Å². The van der Waals surface area contributed by atoms with Gasteiger partial charge in [0.05, 0.1) is 0 Å². The molecule has 1 saturated heterocycles. The van der Waals surface area contributed by atoms with E-state index in [9.17, 15) is 4.79 Å². The van der Waals surface area contributed by atoms with E-state index in [1.54, 1.807) is 6.07 Å². The molecule has 1 aliphatic heterocycles. The van der Waals surface area contributed by atoms with E-state index in [0.717, 1.165) is 42.9 Å². The lowest BCUT2D eigenvalue weighted by Crippen LogP contribution is -2.42. The zero-order valence-electron chi connectivity index (χ0n) is 13.7. The van der Waals surface area contributed by atoms with E-state index in [1.165, 1.54) is 0 Å². The summed E-state index contributed by atoms with van der Waals surface area (Å²) in [6.07, 6.45) is 1.74. The van der Waals surface area contributed by atoms with Crippen LogP contribution in [0.2, 0.25) is 0 Å². The van der Waals surface area contributed by atoms with Gasteiger partial charge in [-0.1, -0.05) is 23.8 Å². The second-order valence-electron chi connectivity index (χ2n) is 6.10. The first-order chi connectivity index (χ1) is 11.7. The van der Waals surface area contributed by atoms with E-state index < -0.39 is 0 Å². The van der Waals surface area contributed by atoms with Gasteiger partial charge in [-0.3, -0.25) is 4.79 Å². The highest BCUT2D eigenvalue weighted by Crippen LogP contribution is 2.18. The molecule has 122 valence electrons. The van der Waals surface area contributed by atoms with Crippen molar-refractivity contribution >= 4 is 11.7 Å². The number of hydrogen-bond donors (Lipinski definition) is 1. The van der Waals surface area contributed by atoms with Gasteiger partial charge in [0.1, 0.15) is 17.6 Å². The van der Waals surface area contributed by atoms with E-state index in [1.807, 2.05) is 54.3 Å². The number of carbonyl (C=O) groups is 1. The normalized spacial score (nSPS) is 14.9. The van der Waals surface area contributed by atoms with Gasteiger partial charge in [0, 0.05) is 24.7 Å². The Hall–Kier alpha value is -2.87. The Labute approximate surface area is 141 Å². The number of pyridine rings is 1. The molecule has 1 aliphatic rings. The van der Waals surface area contributed by atoms with Crippen molar-refractivity contribution in [1.82, 2.24) is 9.88 Å². The molecule has 0 radical (unpaired) electrons. The van der Waals surface area contributed by atoms with Crippen LogP contribution in [0, 0.1) is 18.3 Å². The molecule has 0 aliphatic carbocycles. The highest BCUT2D eigenvalue weighted by Gasteiger charge is 2.23. The zero-order chi connectivity index (χ0) is 16.9. The van der Waals surface area contributed by atoms with Gasteiger partial charge in [-0.2, -0.15) is 5.26 Å². The van der Waals surface area contributed by atoms with Crippen molar-refractivity contribution in [3.63, 3.8) is 0 Å². The first-order valence-electron chi connectivity index (χ1n) is 8.15. The molecule has 5 heteroatoms. The van der Waals surface area contributed by atoms with Gasteiger partial charge in [0.2, 0.25) is 0 Å². The summed E-state index contributed by atoms with van der Waals surface area (Å²) in [5.74, 6) is 0.815. The fourth-order valence-electron chi connectivity index (χ4n) is 2.89. The molecule has 1 aromatic carbocycles. The predicted octanol–water partition coefficient (Wildman–Crippen LogP) is 2.98. The molecule has 1 fully saturated rings. The highest BCUT2D eigenvalue weighted by molar-refractivity contribution is 5.94. The van der Waals surface area contributed by atoms with Crippen molar-refractivity contribution in [2.24, 2.45) is 0 Å². The Bertz CT molecular complexity index is 756. The highest BCUT2D eigenvalue weighted by atomic mass is 16.2. The average molecular weight is 320 g/mol. The Morgan fingerprint density at radius 1 is 1.21 bits per heavy atom. The third kappa shape index (κ3) is 3.72. The van der Waals surface area contributed by atoms with Crippen LogP contribution in [0.3, 0.4) is 0 Å². The summed E-state index contributed by atoms with van der Waals surface area (Å²) in [5, 5.41) is 12.3. The zero-order valence-corrected chi connectivity index (χ0v) is 13.7. The van der Waals surface area contributed by atoms with Crippen molar-refractivity contribution < 1.29 is 4.79 Å². The molecule has 2 heterocycles. The van der Waals surface area contributed by atoms with Gasteiger partial charge in [0.25, 0.3) is 5.91 Å². The standard InChI is InChI=1S/C19H20N4O/c1-14-5-7-15(8-6-14)19(24)23-11-9-16(10-12-23)21-18-4-2-3-17(13-20)22-18/h2-8,16H,9-12H2,1H3,(H,21,22). The van der Waals surface area contributed by atoms with E-state index in [0.29, 0.717) is 5.69 Å². The number of amides is 1. The third-order valence-electron chi connectivity index (χ3n) is 4.30. The molecular weight excluding hydrogens is 300 g/mol. The Balaban J connectivity index is 1.56. The number of aromatic nitrogens is 1. The monoisotopic (exact) mass is 320 g/mol. The summed E-state index contributed by atoms with van der Waals surface area (Å²) >= 11 is 0. The molecule has 1 N–H and O–H groups in total. The number of hydrogen-bond acceptors (Lipinski definition) is 4. The Morgan fingerprint density at radius 3 is 2.58 bits per heavy atom. The minimum atomic E-state index is 0.0954. The molecule has 5 nitrogen and oxygen atoms in total. The minimum absolute atomic E-state index is 0.0954. The van der Waals surface area contributed by atoms with E-state index >= 15 is 0 Å². The number of aryl methyl sites for hydroxylation is 1. The topological polar surface area (TPSA) is 69.0 Å². The SMILES string of the molecule is Cc1ccc(C(=O)N2CCC(Nc3cccc(C#N)n3)CC2)cc1. The van der Waals surface area contributed by atoms with E-state index in [-0.39, 0.29) is 11.9 Å². The largest absolute Gasteiger partial charge is 0.367 e. The van der Waals surface area contributed by atoms with Crippen LogP contribution in [0.15, 0.2) is 42.5 Å². The average Bonchev–Trinajstić information content (AvgIpc) is 2.62. The van der Waals surface area contributed by atoms with Crippen LogP contribution in [-0.4, -0.2) is 34.9 Å². The number of anilines is 1. The Morgan fingerprint density at radius 2 is 1.92 bits per heavy atom. The van der Waals surface area contributed by atoms with E-state index in [2.05, 4.69) is 10.3 Å². The number of nitriles is 1. The van der Waals surface area contributed by atoms with Crippen LogP contribution in [0.4, 0.5) is 5.82 Å². The van der Waals surface area contributed by atoms with Gasteiger partial charge < -0.3 is 10.2 Å². The van der Waals surface area contributed by atoms with Gasteiger partial charge in [-0.25, -0.2) is 4.98 Å². The predicted molar refractivity (Wildman–Crippen MR) is 92.7 cm³/mol. The fourth-order valence-corrected chi connectivity index (χ4v) is 2.89. The van der Waals surface area contributed by atoms with E-state index in [4.69, 9.17) is 5.26 Å². The number of likely N-dealkylation sites (tertiary alicyclic amines) is 1. The molecule has 0 atom stereocenters. The maximum absolute atomic E-state index is 12.5. The maximum Gasteiger partial charge on any atom is 0.253 e. The maximum atomic E-state index is 12.5. The molecule has 0 saturated carbocycles. The summed E-state index contributed by atoms with van der Waals surface area (Å²) in [6, 6.07) is 15.4. The number of rotatable bonds is 3. The van der Waals surface area contributed by atoms with Crippen LogP contribution < -0.4 is 5.32 Å². The van der Waals surface area contributed by atoms with Gasteiger partial charge in [-0.15, -0.1) is 0 Å². The summed E-state index contributed by atoms with van der Waals surface area (Å²) in [5.41, 5.74) is 2.31. The lowest BCUT2D eigenvalue weighted by atomic mass is 10.0. The summed E-state index contributed by atoms with van der Waals surface area (Å²) in [6.45, 7) is 3.46. The molecule has 24 heavy (non-hydrogen) atoms. The fraction of sp³-hybridized carbons (Fsp3) is 0.316. The van der Waals surface area contributed by atoms with Gasteiger partial charge >= 0.3 is 0 Å². The van der Waals surface area contributed by atoms with Crippen molar-refractivity contribution in [3.8, 4) is 6.07 Å². The lowest BCUT2D eigenvalue weighted by Gasteiger charge is -2.32. The molecule has 2 aromatic rings. The Kier molecular flexibility index (Phi) is 4.76. The minimum Gasteiger partial charge on any atom is -0.367 e. The van der Waals surface area contributed by atoms with Crippen molar-refractivity contribution in [1.29, 1.82) is 5.26 Å². The first kappa shape index (κ1) is 16.0. The molecular formula is C19H20N4O. The summed E-state index contributed by atoms with van der Waals surface area (Å²) in [4.78, 5) is 18.7. The number of nitrogens with zero attached hydrogens (tertiary/aromatic N) is 3. The summed E-state index contributed by atoms with van der Waals surface area (Å²) in [7, 11) is 0. The van der Waals surface area contributed by atoms with Gasteiger partial charge in [0.15, 0.2) is 0 Å². The smallest absolute Gasteiger partial charge is 0.253 e. The number of nitrogens with one attached hydrogen (secondary N) is 1. The number of carbonyl (C=O) groups excluding carboxylic acids is 1. The molecule has 0 spiro atoms. The second-order valence-corrected chi connectivity index (χ2v) is 6.10. The van der Waals surface area contributed by atoms with Crippen LogP contribution in [-0.2, 0) is 0 Å². The number of piperidine rings is 1. The molecule has 1 amide bonds. The molecule has 0 unspecified atom stereocenters. The molecule has 0 bridgehead atoms. The van der Waals surface area contributed by atoms with Crippen LogP contribution in [0.1, 0.15) is 34.5 Å². The number of benzene rings is 1.